The van der Waals surface area contributed by atoms with E-state index >= 15 is 0 Å². The number of amides is 1. The van der Waals surface area contributed by atoms with Gasteiger partial charge < -0.3 is 29.7 Å². The summed E-state index contributed by atoms with van der Waals surface area (Å²) in [5, 5.41) is 6.09. The number of likely N-dealkylation sites (N-methyl/N-ethyl adjacent to an activating group) is 2. The minimum Gasteiger partial charge on any atom is -0.433 e. The molecule has 4 rings (SSSR count). The predicted molar refractivity (Wildman–Crippen MR) is 156 cm³/mol. The summed E-state index contributed by atoms with van der Waals surface area (Å²) in [5.74, 6) is -0.471. The van der Waals surface area contributed by atoms with Crippen molar-refractivity contribution in [1.82, 2.24) is 19.4 Å². The van der Waals surface area contributed by atoms with Crippen LogP contribution >= 0.6 is 11.6 Å². The SMILES string of the molecule is C=CC(=O)Nc1cc(Nc2ncc(Cl)c(-c3cn(C)c4c3CCC=C4)n2)c(OC(F)F)cc1N(C)CCN(C)C. The van der Waals surface area contributed by atoms with Crippen LogP contribution < -0.4 is 20.3 Å². The van der Waals surface area contributed by atoms with E-state index in [2.05, 4.69) is 39.3 Å². The third-order valence-electron chi connectivity index (χ3n) is 6.47. The van der Waals surface area contributed by atoms with Gasteiger partial charge in [0.25, 0.3) is 0 Å². The molecule has 2 heterocycles. The Kier molecular flexibility index (Phi) is 9.06. The van der Waals surface area contributed by atoms with Gasteiger partial charge >= 0.3 is 6.61 Å². The molecule has 0 saturated heterocycles. The van der Waals surface area contributed by atoms with E-state index in [0.29, 0.717) is 35.2 Å². The summed E-state index contributed by atoms with van der Waals surface area (Å²) in [5.41, 5.74) is 4.58. The van der Waals surface area contributed by atoms with E-state index in [1.54, 1.807) is 7.05 Å². The van der Waals surface area contributed by atoms with Crippen LogP contribution in [0.3, 0.4) is 0 Å². The molecule has 212 valence electrons. The highest BCUT2D eigenvalue weighted by molar-refractivity contribution is 6.33. The second-order valence-corrected chi connectivity index (χ2v) is 10.0. The van der Waals surface area contributed by atoms with Crippen LogP contribution in [0.15, 0.2) is 43.3 Å². The number of aromatic nitrogens is 3. The van der Waals surface area contributed by atoms with E-state index in [-0.39, 0.29) is 17.4 Å². The van der Waals surface area contributed by atoms with E-state index in [4.69, 9.17) is 16.3 Å². The van der Waals surface area contributed by atoms with E-state index < -0.39 is 12.5 Å². The summed E-state index contributed by atoms with van der Waals surface area (Å²) in [6.45, 7) is 1.67. The molecule has 1 amide bonds. The average molecular weight is 572 g/mol. The summed E-state index contributed by atoms with van der Waals surface area (Å²) in [7, 11) is 7.60. The van der Waals surface area contributed by atoms with Crippen molar-refractivity contribution >= 4 is 46.6 Å². The molecular formula is C28H32ClF2N7O2. The molecule has 40 heavy (non-hydrogen) atoms. The first-order valence-electron chi connectivity index (χ1n) is 12.6. The Labute approximate surface area is 237 Å². The highest BCUT2D eigenvalue weighted by atomic mass is 35.5. The van der Waals surface area contributed by atoms with Crippen molar-refractivity contribution in [3.05, 3.63) is 59.5 Å². The minimum absolute atomic E-state index is 0.122. The van der Waals surface area contributed by atoms with Crippen LogP contribution in [0.5, 0.6) is 5.75 Å². The molecule has 1 aliphatic carbocycles. The van der Waals surface area contributed by atoms with Crippen LogP contribution in [0.1, 0.15) is 17.7 Å². The summed E-state index contributed by atoms with van der Waals surface area (Å²) in [6, 6.07) is 2.95. The van der Waals surface area contributed by atoms with Gasteiger partial charge in [0.15, 0.2) is 5.75 Å². The Hall–Kier alpha value is -3.96. The molecule has 0 radical (unpaired) electrons. The zero-order valence-corrected chi connectivity index (χ0v) is 23.6. The van der Waals surface area contributed by atoms with Gasteiger partial charge in [-0.25, -0.2) is 9.97 Å². The van der Waals surface area contributed by atoms with Gasteiger partial charge in [0.05, 0.1) is 34.0 Å². The fraction of sp³-hybridized carbons (Fsp3) is 0.321. The Morgan fingerprint density at radius 3 is 2.75 bits per heavy atom. The second-order valence-electron chi connectivity index (χ2n) is 9.64. The Morgan fingerprint density at radius 1 is 1.27 bits per heavy atom. The van der Waals surface area contributed by atoms with Crippen LogP contribution in [0, 0.1) is 0 Å². The number of halogens is 3. The molecule has 3 aromatic rings. The van der Waals surface area contributed by atoms with E-state index in [1.165, 1.54) is 18.3 Å². The molecule has 0 fully saturated rings. The Bertz CT molecular complexity index is 1440. The van der Waals surface area contributed by atoms with Crippen LogP contribution in [-0.2, 0) is 18.3 Å². The zero-order chi connectivity index (χ0) is 29.0. The van der Waals surface area contributed by atoms with Gasteiger partial charge in [-0.05, 0) is 50.7 Å². The molecule has 2 N–H and O–H groups in total. The zero-order valence-electron chi connectivity index (χ0n) is 22.8. The number of hydrogen-bond donors (Lipinski definition) is 2. The lowest BCUT2D eigenvalue weighted by Gasteiger charge is -2.26. The van der Waals surface area contributed by atoms with E-state index in [1.807, 2.05) is 41.7 Å². The van der Waals surface area contributed by atoms with E-state index in [9.17, 15) is 13.6 Å². The summed E-state index contributed by atoms with van der Waals surface area (Å²) < 4.78 is 33.9. The smallest absolute Gasteiger partial charge is 0.387 e. The highest BCUT2D eigenvalue weighted by Gasteiger charge is 2.22. The maximum Gasteiger partial charge on any atom is 0.387 e. The summed E-state index contributed by atoms with van der Waals surface area (Å²) in [4.78, 5) is 25.0. The predicted octanol–water partition coefficient (Wildman–Crippen LogP) is 5.56. The molecular weight excluding hydrogens is 540 g/mol. The van der Waals surface area contributed by atoms with Crippen molar-refractivity contribution in [2.75, 3.05) is 49.8 Å². The highest BCUT2D eigenvalue weighted by Crippen LogP contribution is 2.40. The molecule has 0 spiro atoms. The standard InChI is InChI=1S/C28H32ClF2N7O2/c1-6-25(39)33-20-13-21(24(40-27(30)31)14-23(20)37(4)12-11-36(2)3)34-28-32-15-19(29)26(35-28)18-16-38(5)22-10-8-7-9-17(18)22/h6,8,10,13-16,27H,1,7,9,11-12H2,2-5H3,(H,33,39)(H,32,34,35). The minimum atomic E-state index is -3.08. The van der Waals surface area contributed by atoms with Gasteiger partial charge in [-0.15, -0.1) is 0 Å². The number of benzene rings is 1. The number of nitrogens with zero attached hydrogens (tertiary/aromatic N) is 5. The first-order valence-corrected chi connectivity index (χ1v) is 13.0. The third kappa shape index (κ3) is 6.60. The Morgan fingerprint density at radius 2 is 2.05 bits per heavy atom. The van der Waals surface area contributed by atoms with Gasteiger partial charge in [-0.1, -0.05) is 24.3 Å². The number of carbonyl (C=O) groups excluding carboxylic acids is 1. The molecule has 0 bridgehead atoms. The van der Waals surface area contributed by atoms with Crippen LogP contribution in [-0.4, -0.2) is 66.2 Å². The monoisotopic (exact) mass is 571 g/mol. The summed E-state index contributed by atoms with van der Waals surface area (Å²) in [6.07, 6.45) is 10.5. The van der Waals surface area contributed by atoms with Crippen LogP contribution in [0.4, 0.5) is 31.8 Å². The maximum absolute atomic E-state index is 13.5. The van der Waals surface area contributed by atoms with Crippen molar-refractivity contribution in [3.8, 4) is 17.0 Å². The van der Waals surface area contributed by atoms with Crippen molar-refractivity contribution in [1.29, 1.82) is 0 Å². The number of rotatable bonds is 11. The van der Waals surface area contributed by atoms with Gasteiger partial charge in [0, 0.05) is 50.7 Å². The number of carbonyl (C=O) groups is 1. The lowest BCUT2D eigenvalue weighted by molar-refractivity contribution is -0.111. The van der Waals surface area contributed by atoms with Crippen molar-refractivity contribution in [2.45, 2.75) is 19.5 Å². The van der Waals surface area contributed by atoms with Gasteiger partial charge in [0.1, 0.15) is 0 Å². The molecule has 1 aliphatic rings. The number of anilines is 4. The number of hydrogen-bond acceptors (Lipinski definition) is 7. The van der Waals surface area contributed by atoms with Crippen LogP contribution in [0.25, 0.3) is 17.3 Å². The molecule has 2 aromatic heterocycles. The first-order chi connectivity index (χ1) is 19.1. The number of aryl methyl sites for hydroxylation is 1. The normalized spacial score (nSPS) is 12.4. The first kappa shape index (κ1) is 29.0. The van der Waals surface area contributed by atoms with Crippen molar-refractivity contribution < 1.29 is 18.3 Å². The molecule has 0 saturated carbocycles. The largest absolute Gasteiger partial charge is 0.433 e. The number of ether oxygens (including phenoxy) is 1. The van der Waals surface area contributed by atoms with Gasteiger partial charge in [-0.2, -0.15) is 8.78 Å². The van der Waals surface area contributed by atoms with Gasteiger partial charge in [-0.3, -0.25) is 4.79 Å². The fourth-order valence-corrected chi connectivity index (χ4v) is 4.66. The van der Waals surface area contributed by atoms with E-state index in [0.717, 1.165) is 35.7 Å². The molecule has 0 unspecified atom stereocenters. The fourth-order valence-electron chi connectivity index (χ4n) is 4.47. The molecule has 12 heteroatoms. The number of nitrogens with one attached hydrogen (secondary N) is 2. The lowest BCUT2D eigenvalue weighted by Crippen LogP contribution is -2.29. The van der Waals surface area contributed by atoms with Crippen molar-refractivity contribution in [2.24, 2.45) is 7.05 Å². The van der Waals surface area contributed by atoms with Crippen LogP contribution in [0.2, 0.25) is 5.02 Å². The van der Waals surface area contributed by atoms with Gasteiger partial charge in [0.2, 0.25) is 11.9 Å². The average Bonchev–Trinajstić information content (AvgIpc) is 3.25. The topological polar surface area (TPSA) is 87.5 Å². The third-order valence-corrected chi connectivity index (χ3v) is 6.75. The number of alkyl halides is 2. The quantitative estimate of drug-likeness (QED) is 0.291. The molecule has 0 atom stereocenters. The number of fused-ring (bicyclic) bond motifs is 1. The maximum atomic E-state index is 13.5. The summed E-state index contributed by atoms with van der Waals surface area (Å²) >= 11 is 6.52. The molecule has 9 nitrogen and oxygen atoms in total. The van der Waals surface area contributed by atoms with Crippen molar-refractivity contribution in [3.63, 3.8) is 0 Å². The Balaban J connectivity index is 1.76. The molecule has 1 aromatic carbocycles. The second kappa shape index (κ2) is 12.5. The lowest BCUT2D eigenvalue weighted by atomic mass is 9.99. The number of allylic oxidation sites excluding steroid dienone is 1. The molecule has 0 aliphatic heterocycles.